The molecule has 1 amide bonds. The number of aromatic amines is 1. The summed E-state index contributed by atoms with van der Waals surface area (Å²) < 4.78 is 11.6. The van der Waals surface area contributed by atoms with Gasteiger partial charge in [0.25, 0.3) is 0 Å². The number of hydrogen-bond donors (Lipinski definition) is 1. The number of aromatic nitrogens is 3. The van der Waals surface area contributed by atoms with Crippen LogP contribution in [-0.4, -0.2) is 50.7 Å². The molecule has 158 valence electrons. The van der Waals surface area contributed by atoms with Crippen LogP contribution >= 0.6 is 11.6 Å². The molecule has 2 aromatic heterocycles. The largest absolute Gasteiger partial charge is 0.490 e. The summed E-state index contributed by atoms with van der Waals surface area (Å²) in [6.45, 7) is 6.90. The number of rotatable bonds is 3. The van der Waals surface area contributed by atoms with E-state index < -0.39 is 5.60 Å². The van der Waals surface area contributed by atoms with Gasteiger partial charge in [-0.05, 0) is 56.7 Å². The third-order valence-corrected chi connectivity index (χ3v) is 5.24. The van der Waals surface area contributed by atoms with E-state index in [4.69, 9.17) is 21.1 Å². The summed E-state index contributed by atoms with van der Waals surface area (Å²) in [5.74, 6) is 0.809. The van der Waals surface area contributed by atoms with Crippen molar-refractivity contribution in [3.63, 3.8) is 0 Å². The molecular formula is C22H25ClN4O3. The summed E-state index contributed by atoms with van der Waals surface area (Å²) >= 11 is 6.13. The topological polar surface area (TPSA) is 80.3 Å². The van der Waals surface area contributed by atoms with Crippen molar-refractivity contribution in [1.29, 1.82) is 0 Å². The zero-order valence-electron chi connectivity index (χ0n) is 17.3. The van der Waals surface area contributed by atoms with Crippen molar-refractivity contribution < 1.29 is 14.3 Å². The number of halogens is 1. The van der Waals surface area contributed by atoms with Gasteiger partial charge in [-0.1, -0.05) is 11.6 Å². The monoisotopic (exact) mass is 428 g/mol. The van der Waals surface area contributed by atoms with E-state index in [1.807, 2.05) is 51.1 Å². The molecule has 0 unspecified atom stereocenters. The number of piperidine rings is 1. The van der Waals surface area contributed by atoms with Crippen LogP contribution in [0.25, 0.3) is 22.3 Å². The zero-order valence-corrected chi connectivity index (χ0v) is 18.1. The predicted octanol–water partition coefficient (Wildman–Crippen LogP) is 5.06. The molecule has 0 bridgehead atoms. The number of nitrogens with one attached hydrogen (secondary N) is 1. The number of hydrogen-bond acceptors (Lipinski definition) is 5. The van der Waals surface area contributed by atoms with Crippen molar-refractivity contribution >= 4 is 28.7 Å². The summed E-state index contributed by atoms with van der Waals surface area (Å²) in [4.78, 5) is 25.4. The quantitative estimate of drug-likeness (QED) is 0.590. The van der Waals surface area contributed by atoms with Crippen LogP contribution in [-0.2, 0) is 4.74 Å². The average Bonchev–Trinajstić information content (AvgIpc) is 3.13. The van der Waals surface area contributed by atoms with Gasteiger partial charge in [0.15, 0.2) is 0 Å². The second-order valence-electron chi connectivity index (χ2n) is 8.42. The number of H-pyrrole nitrogens is 1. The van der Waals surface area contributed by atoms with Gasteiger partial charge in [-0.25, -0.2) is 14.8 Å². The van der Waals surface area contributed by atoms with Gasteiger partial charge in [-0.3, -0.25) is 0 Å². The standard InChI is InChI=1S/C22H25ClN4O3/c1-22(2,3)30-21(28)27-10-8-16(9-11-27)29-15-6-4-14(5-7-15)18-12-17-19(23)24-13-25-20(17)26-18/h4-7,12-13,16H,8-11H2,1-3H3,(H,24,25,26). The molecule has 1 N–H and O–H groups in total. The first-order valence-corrected chi connectivity index (χ1v) is 10.4. The van der Waals surface area contributed by atoms with Crippen LogP contribution in [0.4, 0.5) is 4.79 Å². The van der Waals surface area contributed by atoms with E-state index in [1.54, 1.807) is 4.90 Å². The molecule has 0 saturated carbocycles. The molecule has 1 aromatic carbocycles. The first-order chi connectivity index (χ1) is 14.3. The Morgan fingerprint density at radius 2 is 1.87 bits per heavy atom. The Morgan fingerprint density at radius 3 is 2.50 bits per heavy atom. The van der Waals surface area contributed by atoms with E-state index >= 15 is 0 Å². The molecular weight excluding hydrogens is 404 g/mol. The Hall–Kier alpha value is -2.80. The first kappa shape index (κ1) is 20.5. The fraction of sp³-hybridized carbons (Fsp3) is 0.409. The number of carbonyl (C=O) groups is 1. The van der Waals surface area contributed by atoms with Crippen molar-refractivity contribution in [1.82, 2.24) is 19.9 Å². The molecule has 1 fully saturated rings. The number of nitrogens with zero attached hydrogens (tertiary/aromatic N) is 3. The molecule has 3 aromatic rings. The minimum absolute atomic E-state index is 0.0803. The summed E-state index contributed by atoms with van der Waals surface area (Å²) in [5, 5.41) is 1.23. The predicted molar refractivity (Wildman–Crippen MR) is 116 cm³/mol. The molecule has 1 saturated heterocycles. The molecule has 0 radical (unpaired) electrons. The molecule has 7 nitrogen and oxygen atoms in total. The van der Waals surface area contributed by atoms with Gasteiger partial charge in [0, 0.05) is 31.6 Å². The van der Waals surface area contributed by atoms with Crippen LogP contribution in [0.5, 0.6) is 5.75 Å². The minimum atomic E-state index is -0.477. The van der Waals surface area contributed by atoms with Crippen LogP contribution in [0.1, 0.15) is 33.6 Å². The highest BCUT2D eigenvalue weighted by Gasteiger charge is 2.27. The number of fused-ring (bicyclic) bond motifs is 1. The summed E-state index contributed by atoms with van der Waals surface area (Å²) in [6, 6.07) is 9.84. The van der Waals surface area contributed by atoms with Crippen molar-refractivity contribution in [3.05, 3.63) is 41.8 Å². The number of ether oxygens (including phenoxy) is 2. The smallest absolute Gasteiger partial charge is 0.410 e. The molecule has 1 aliphatic heterocycles. The lowest BCUT2D eigenvalue weighted by molar-refractivity contribution is 0.0126. The van der Waals surface area contributed by atoms with Gasteiger partial charge >= 0.3 is 6.09 Å². The van der Waals surface area contributed by atoms with E-state index in [9.17, 15) is 4.79 Å². The second-order valence-corrected chi connectivity index (χ2v) is 8.78. The Labute approximate surface area is 180 Å². The molecule has 0 spiro atoms. The van der Waals surface area contributed by atoms with Crippen LogP contribution in [0.3, 0.4) is 0 Å². The van der Waals surface area contributed by atoms with E-state index in [0.717, 1.165) is 35.2 Å². The van der Waals surface area contributed by atoms with E-state index in [1.165, 1.54) is 6.33 Å². The lowest BCUT2D eigenvalue weighted by Gasteiger charge is -2.33. The Bertz CT molecular complexity index is 1030. The Morgan fingerprint density at radius 1 is 1.17 bits per heavy atom. The number of benzene rings is 1. The lowest BCUT2D eigenvalue weighted by atomic mass is 10.1. The van der Waals surface area contributed by atoms with Gasteiger partial charge in [-0.2, -0.15) is 0 Å². The third-order valence-electron chi connectivity index (χ3n) is 4.94. The first-order valence-electron chi connectivity index (χ1n) is 10.0. The van der Waals surface area contributed by atoms with Crippen LogP contribution in [0, 0.1) is 0 Å². The SMILES string of the molecule is CC(C)(C)OC(=O)N1CCC(Oc2ccc(-c3cc4c(Cl)ncnc4[nH]3)cc2)CC1. The van der Waals surface area contributed by atoms with E-state index in [2.05, 4.69) is 15.0 Å². The maximum Gasteiger partial charge on any atom is 0.410 e. The average molecular weight is 429 g/mol. The molecule has 3 heterocycles. The molecule has 0 aliphatic carbocycles. The van der Waals surface area contributed by atoms with Gasteiger partial charge in [0.05, 0.1) is 5.39 Å². The zero-order chi connectivity index (χ0) is 21.3. The highest BCUT2D eigenvalue weighted by molar-refractivity contribution is 6.34. The second kappa shape index (κ2) is 8.14. The summed E-state index contributed by atoms with van der Waals surface area (Å²) in [5.41, 5.74) is 2.16. The van der Waals surface area contributed by atoms with Crippen LogP contribution < -0.4 is 4.74 Å². The van der Waals surface area contributed by atoms with Crippen LogP contribution in [0.2, 0.25) is 5.15 Å². The normalized spacial score (nSPS) is 15.4. The molecule has 30 heavy (non-hydrogen) atoms. The summed E-state index contributed by atoms with van der Waals surface area (Å²) in [7, 11) is 0. The van der Waals surface area contributed by atoms with Crippen molar-refractivity contribution in [2.45, 2.75) is 45.3 Å². The van der Waals surface area contributed by atoms with Gasteiger partial charge in [0.1, 0.15) is 34.6 Å². The van der Waals surface area contributed by atoms with Gasteiger partial charge < -0.3 is 19.4 Å². The molecule has 1 aliphatic rings. The number of carbonyl (C=O) groups excluding carboxylic acids is 1. The van der Waals surface area contributed by atoms with Crippen molar-refractivity contribution in [2.75, 3.05) is 13.1 Å². The number of likely N-dealkylation sites (tertiary alicyclic amines) is 1. The molecule has 4 rings (SSSR count). The highest BCUT2D eigenvalue weighted by atomic mass is 35.5. The maximum atomic E-state index is 12.2. The fourth-order valence-electron chi connectivity index (χ4n) is 3.45. The lowest BCUT2D eigenvalue weighted by Crippen LogP contribution is -2.44. The maximum absolute atomic E-state index is 12.2. The van der Waals surface area contributed by atoms with Crippen molar-refractivity contribution in [2.24, 2.45) is 0 Å². The Kier molecular flexibility index (Phi) is 5.56. The molecule has 8 heteroatoms. The van der Waals surface area contributed by atoms with Gasteiger partial charge in [0.2, 0.25) is 0 Å². The Balaban J connectivity index is 1.35. The fourth-order valence-corrected chi connectivity index (χ4v) is 3.64. The van der Waals surface area contributed by atoms with E-state index in [0.29, 0.717) is 23.9 Å². The van der Waals surface area contributed by atoms with Crippen LogP contribution in [0.15, 0.2) is 36.7 Å². The molecule has 0 atom stereocenters. The van der Waals surface area contributed by atoms with E-state index in [-0.39, 0.29) is 12.2 Å². The summed E-state index contributed by atoms with van der Waals surface area (Å²) in [6.07, 6.45) is 2.82. The third kappa shape index (κ3) is 4.67. The van der Waals surface area contributed by atoms with Gasteiger partial charge in [-0.15, -0.1) is 0 Å². The number of amides is 1. The van der Waals surface area contributed by atoms with Crippen molar-refractivity contribution in [3.8, 4) is 17.0 Å². The minimum Gasteiger partial charge on any atom is -0.490 e. The highest BCUT2D eigenvalue weighted by Crippen LogP contribution is 2.28.